The van der Waals surface area contributed by atoms with Crippen molar-refractivity contribution in [3.63, 3.8) is 0 Å². The highest BCUT2D eigenvalue weighted by Crippen LogP contribution is 2.23. The Morgan fingerprint density at radius 2 is 2.05 bits per heavy atom. The van der Waals surface area contributed by atoms with E-state index in [2.05, 4.69) is 23.7 Å². The van der Waals surface area contributed by atoms with Crippen LogP contribution in [-0.2, 0) is 21.3 Å². The summed E-state index contributed by atoms with van der Waals surface area (Å²) in [5.74, 6) is 0.650. The highest BCUT2D eigenvalue weighted by molar-refractivity contribution is 7.89. The third kappa shape index (κ3) is 3.70. The SMILES string of the molecule is Cc1nn(CC(C)C)c(C)c1S(=O)(=O)N[C@H](C)[C@H]1CCOC1. The fourth-order valence-electron chi connectivity index (χ4n) is 2.94. The van der Waals surface area contributed by atoms with Crippen LogP contribution in [0.5, 0.6) is 0 Å². The summed E-state index contributed by atoms with van der Waals surface area (Å²) >= 11 is 0. The molecule has 1 saturated heterocycles. The third-order valence-electron chi connectivity index (χ3n) is 4.13. The van der Waals surface area contributed by atoms with Crippen LogP contribution in [0.15, 0.2) is 4.90 Å². The third-order valence-corrected chi connectivity index (χ3v) is 5.95. The molecule has 0 bridgehead atoms. The van der Waals surface area contributed by atoms with Crippen LogP contribution >= 0.6 is 0 Å². The summed E-state index contributed by atoms with van der Waals surface area (Å²) < 4.78 is 35.4. The molecule has 1 N–H and O–H groups in total. The molecule has 0 saturated carbocycles. The van der Waals surface area contributed by atoms with Crippen LogP contribution in [0.4, 0.5) is 0 Å². The van der Waals surface area contributed by atoms with Crippen LogP contribution in [0.25, 0.3) is 0 Å². The van der Waals surface area contributed by atoms with E-state index in [1.54, 1.807) is 11.6 Å². The van der Waals surface area contributed by atoms with Gasteiger partial charge in [0, 0.05) is 25.1 Å². The van der Waals surface area contributed by atoms with Crippen molar-refractivity contribution >= 4 is 10.0 Å². The van der Waals surface area contributed by atoms with Gasteiger partial charge < -0.3 is 4.74 Å². The van der Waals surface area contributed by atoms with E-state index in [1.165, 1.54) is 0 Å². The minimum Gasteiger partial charge on any atom is -0.381 e. The lowest BCUT2D eigenvalue weighted by atomic mass is 10.0. The molecular weight excluding hydrogens is 302 g/mol. The van der Waals surface area contributed by atoms with Crippen molar-refractivity contribution < 1.29 is 13.2 Å². The van der Waals surface area contributed by atoms with Gasteiger partial charge in [0.2, 0.25) is 10.0 Å². The number of sulfonamides is 1. The zero-order valence-corrected chi connectivity index (χ0v) is 14.9. The summed E-state index contributed by atoms with van der Waals surface area (Å²) in [6.07, 6.45) is 0.897. The van der Waals surface area contributed by atoms with Gasteiger partial charge in [-0.25, -0.2) is 13.1 Å². The number of nitrogens with one attached hydrogen (secondary N) is 1. The lowest BCUT2D eigenvalue weighted by Gasteiger charge is -2.19. The molecule has 6 nitrogen and oxygen atoms in total. The van der Waals surface area contributed by atoms with Crippen LogP contribution in [0.2, 0.25) is 0 Å². The van der Waals surface area contributed by atoms with Crippen molar-refractivity contribution in [1.82, 2.24) is 14.5 Å². The van der Waals surface area contributed by atoms with E-state index in [-0.39, 0.29) is 12.0 Å². The van der Waals surface area contributed by atoms with E-state index in [1.807, 2.05) is 13.8 Å². The normalized spacial score (nSPS) is 20.7. The number of aromatic nitrogens is 2. The van der Waals surface area contributed by atoms with E-state index >= 15 is 0 Å². The summed E-state index contributed by atoms with van der Waals surface area (Å²) in [6.45, 7) is 11.7. The largest absolute Gasteiger partial charge is 0.381 e. The second-order valence-electron chi connectivity index (χ2n) is 6.61. The van der Waals surface area contributed by atoms with Crippen molar-refractivity contribution in [2.24, 2.45) is 11.8 Å². The molecule has 0 radical (unpaired) electrons. The maximum absolute atomic E-state index is 12.7. The molecular formula is C15H27N3O3S. The van der Waals surface area contributed by atoms with Crippen molar-refractivity contribution in [2.45, 2.75) is 58.5 Å². The highest BCUT2D eigenvalue weighted by Gasteiger charge is 2.30. The van der Waals surface area contributed by atoms with Gasteiger partial charge in [0.15, 0.2) is 0 Å². The predicted molar refractivity (Wildman–Crippen MR) is 85.2 cm³/mol. The fourth-order valence-corrected chi connectivity index (χ4v) is 4.66. The maximum atomic E-state index is 12.7. The first-order valence-electron chi connectivity index (χ1n) is 7.86. The Bertz CT molecular complexity index is 616. The van der Waals surface area contributed by atoms with Crippen LogP contribution in [0.1, 0.15) is 38.6 Å². The van der Waals surface area contributed by atoms with Gasteiger partial charge in [0.25, 0.3) is 0 Å². The number of hydrogen-bond donors (Lipinski definition) is 1. The molecule has 2 heterocycles. The average molecular weight is 329 g/mol. The molecule has 0 amide bonds. The van der Waals surface area contributed by atoms with Crippen LogP contribution in [0.3, 0.4) is 0 Å². The molecule has 7 heteroatoms. The quantitative estimate of drug-likeness (QED) is 0.864. The standard InChI is InChI=1S/C15H27N3O3S/c1-10(2)8-18-13(5)15(12(4)16-18)22(19,20)17-11(3)14-6-7-21-9-14/h10-11,14,17H,6-9H2,1-5H3/t11-,14+/m1/s1. The average Bonchev–Trinajstić information content (AvgIpc) is 2.97. The van der Waals surface area contributed by atoms with Gasteiger partial charge in [0.1, 0.15) is 4.90 Å². The minimum atomic E-state index is -3.56. The minimum absolute atomic E-state index is 0.139. The topological polar surface area (TPSA) is 73.2 Å². The number of nitrogens with zero attached hydrogens (tertiary/aromatic N) is 2. The molecule has 0 aliphatic carbocycles. The second-order valence-corrected chi connectivity index (χ2v) is 8.26. The van der Waals surface area contributed by atoms with Crippen molar-refractivity contribution in [1.29, 1.82) is 0 Å². The van der Waals surface area contributed by atoms with E-state index in [0.29, 0.717) is 42.0 Å². The first-order chi connectivity index (χ1) is 10.2. The van der Waals surface area contributed by atoms with E-state index in [9.17, 15) is 8.42 Å². The Morgan fingerprint density at radius 3 is 2.59 bits per heavy atom. The highest BCUT2D eigenvalue weighted by atomic mass is 32.2. The molecule has 1 aliphatic heterocycles. The Balaban J connectivity index is 2.23. The van der Waals surface area contributed by atoms with Gasteiger partial charge in [-0.1, -0.05) is 13.8 Å². The molecule has 0 spiro atoms. The molecule has 1 aromatic rings. The number of aryl methyl sites for hydroxylation is 1. The summed E-state index contributed by atoms with van der Waals surface area (Å²) in [4.78, 5) is 0.318. The van der Waals surface area contributed by atoms with Crippen molar-refractivity contribution in [3.05, 3.63) is 11.4 Å². The molecule has 2 rings (SSSR count). The van der Waals surface area contributed by atoms with Crippen LogP contribution in [0, 0.1) is 25.7 Å². The Labute approximate surface area is 133 Å². The zero-order chi connectivity index (χ0) is 16.5. The summed E-state index contributed by atoms with van der Waals surface area (Å²) in [5, 5.41) is 4.39. The van der Waals surface area contributed by atoms with Gasteiger partial charge >= 0.3 is 0 Å². The smallest absolute Gasteiger partial charge is 0.244 e. The van der Waals surface area contributed by atoms with E-state index in [0.717, 1.165) is 6.42 Å². The summed E-state index contributed by atoms with van der Waals surface area (Å²) in [5.41, 5.74) is 1.26. The lowest BCUT2D eigenvalue weighted by Crippen LogP contribution is -2.38. The molecule has 22 heavy (non-hydrogen) atoms. The fraction of sp³-hybridized carbons (Fsp3) is 0.800. The van der Waals surface area contributed by atoms with Gasteiger partial charge in [-0.15, -0.1) is 0 Å². The Morgan fingerprint density at radius 1 is 1.36 bits per heavy atom. The lowest BCUT2D eigenvalue weighted by molar-refractivity contribution is 0.180. The molecule has 1 aliphatic rings. The van der Waals surface area contributed by atoms with E-state index in [4.69, 9.17) is 4.74 Å². The van der Waals surface area contributed by atoms with Crippen molar-refractivity contribution in [2.75, 3.05) is 13.2 Å². The number of rotatable bonds is 6. The Hall–Kier alpha value is -0.920. The van der Waals surface area contributed by atoms with Crippen LogP contribution < -0.4 is 4.72 Å². The molecule has 126 valence electrons. The first-order valence-corrected chi connectivity index (χ1v) is 9.34. The maximum Gasteiger partial charge on any atom is 0.244 e. The molecule has 1 aromatic heterocycles. The number of hydrogen-bond acceptors (Lipinski definition) is 4. The first kappa shape index (κ1) is 17.4. The monoisotopic (exact) mass is 329 g/mol. The molecule has 0 unspecified atom stereocenters. The van der Waals surface area contributed by atoms with E-state index < -0.39 is 10.0 Å². The predicted octanol–water partition coefficient (Wildman–Crippen LogP) is 1.86. The number of ether oxygens (including phenoxy) is 1. The zero-order valence-electron chi connectivity index (χ0n) is 14.1. The van der Waals surface area contributed by atoms with Gasteiger partial charge in [-0.3, -0.25) is 4.68 Å². The van der Waals surface area contributed by atoms with Crippen molar-refractivity contribution in [3.8, 4) is 0 Å². The van der Waals surface area contributed by atoms with Gasteiger partial charge in [0.05, 0.1) is 18.0 Å². The summed E-state index contributed by atoms with van der Waals surface area (Å²) in [6, 6.07) is -0.139. The van der Waals surface area contributed by atoms with Crippen LogP contribution in [-0.4, -0.2) is 37.5 Å². The van der Waals surface area contributed by atoms with Gasteiger partial charge in [-0.2, -0.15) is 5.10 Å². The second kappa shape index (κ2) is 6.68. The summed E-state index contributed by atoms with van der Waals surface area (Å²) in [7, 11) is -3.56. The molecule has 1 fully saturated rings. The molecule has 0 aromatic carbocycles. The molecule has 2 atom stereocenters. The Kier molecular flexibility index (Phi) is 5.29. The van der Waals surface area contributed by atoms with Gasteiger partial charge in [-0.05, 0) is 33.1 Å².